The minimum absolute atomic E-state index is 0.0757. The van der Waals surface area contributed by atoms with Crippen molar-refractivity contribution in [2.75, 3.05) is 23.8 Å². The minimum atomic E-state index is -3.01. The van der Waals surface area contributed by atoms with E-state index < -0.39 is 12.8 Å². The van der Waals surface area contributed by atoms with Gasteiger partial charge in [-0.2, -0.15) is 8.78 Å². The van der Waals surface area contributed by atoms with E-state index in [0.717, 1.165) is 18.8 Å². The average molecular weight is 421 g/mol. The van der Waals surface area contributed by atoms with Crippen molar-refractivity contribution in [2.45, 2.75) is 56.5 Å². The van der Waals surface area contributed by atoms with Gasteiger partial charge in [-0.25, -0.2) is 19.3 Å². The summed E-state index contributed by atoms with van der Waals surface area (Å²) in [4.78, 5) is 15.6. The second kappa shape index (κ2) is 7.57. The summed E-state index contributed by atoms with van der Waals surface area (Å²) in [5.41, 5.74) is 6.67. The second-order valence-corrected chi connectivity index (χ2v) is 8.06. The maximum Gasteiger partial charge on any atom is 0.387 e. The van der Waals surface area contributed by atoms with E-state index in [0.29, 0.717) is 43.0 Å². The molecule has 2 N–H and O–H groups in total. The van der Waals surface area contributed by atoms with Crippen LogP contribution in [0, 0.1) is 0 Å². The van der Waals surface area contributed by atoms with Crippen molar-refractivity contribution < 1.29 is 22.6 Å². The number of fused-ring (bicyclic) bond motifs is 2. The third kappa shape index (κ3) is 3.64. The molecule has 3 aliphatic rings. The summed E-state index contributed by atoms with van der Waals surface area (Å²) in [5.74, 6) is 0.898. The molecule has 7 nitrogen and oxygen atoms in total. The van der Waals surface area contributed by atoms with Gasteiger partial charge in [0.15, 0.2) is 11.6 Å². The van der Waals surface area contributed by atoms with E-state index in [4.69, 9.17) is 15.5 Å². The van der Waals surface area contributed by atoms with E-state index >= 15 is 0 Å². The maximum atomic E-state index is 13.8. The van der Waals surface area contributed by atoms with Crippen LogP contribution in [0.15, 0.2) is 18.3 Å². The lowest BCUT2D eigenvalue weighted by molar-refractivity contribution is -0.0494. The van der Waals surface area contributed by atoms with E-state index in [1.807, 2.05) is 6.07 Å². The molecule has 1 saturated carbocycles. The monoisotopic (exact) mass is 421 g/mol. The molecule has 5 rings (SSSR count). The van der Waals surface area contributed by atoms with Crippen molar-refractivity contribution >= 4 is 11.6 Å². The molecule has 0 spiro atoms. The summed E-state index contributed by atoms with van der Waals surface area (Å²) in [6.07, 6.45) is 3.30. The fourth-order valence-corrected chi connectivity index (χ4v) is 4.56. The van der Waals surface area contributed by atoms with Gasteiger partial charge >= 0.3 is 6.61 Å². The van der Waals surface area contributed by atoms with E-state index in [9.17, 15) is 13.2 Å². The van der Waals surface area contributed by atoms with E-state index in [1.165, 1.54) is 12.3 Å². The highest BCUT2D eigenvalue weighted by atomic mass is 19.3. The Hall–Kier alpha value is -2.62. The normalized spacial score (nSPS) is 27.9. The summed E-state index contributed by atoms with van der Waals surface area (Å²) in [6, 6.07) is 3.45. The lowest BCUT2D eigenvalue weighted by Crippen LogP contribution is -2.37. The molecule has 4 unspecified atom stereocenters. The molecule has 2 aromatic rings. The van der Waals surface area contributed by atoms with Crippen molar-refractivity contribution in [3.05, 3.63) is 24.2 Å². The molecule has 30 heavy (non-hydrogen) atoms. The molecule has 4 atom stereocenters. The van der Waals surface area contributed by atoms with Gasteiger partial charge < -0.3 is 20.1 Å². The van der Waals surface area contributed by atoms with Gasteiger partial charge in [-0.15, -0.1) is 0 Å². The van der Waals surface area contributed by atoms with Crippen LogP contribution in [-0.4, -0.2) is 53.0 Å². The Kier molecular flexibility index (Phi) is 4.88. The Morgan fingerprint density at radius 3 is 2.73 bits per heavy atom. The second-order valence-electron chi connectivity index (χ2n) is 8.06. The molecule has 2 bridgehead atoms. The number of nitrogen functional groups attached to an aromatic ring is 1. The van der Waals surface area contributed by atoms with Gasteiger partial charge in [0.25, 0.3) is 0 Å². The van der Waals surface area contributed by atoms with Crippen LogP contribution in [0.25, 0.3) is 11.3 Å². The van der Waals surface area contributed by atoms with Crippen molar-refractivity contribution in [1.82, 2.24) is 15.0 Å². The molecule has 2 saturated heterocycles. The fourth-order valence-electron chi connectivity index (χ4n) is 4.56. The van der Waals surface area contributed by atoms with E-state index in [1.54, 1.807) is 0 Å². The number of aromatic nitrogens is 3. The number of pyridine rings is 1. The molecule has 0 radical (unpaired) electrons. The molecular formula is C20H22F3N5O2. The van der Waals surface area contributed by atoms with Gasteiger partial charge in [0.1, 0.15) is 17.8 Å². The highest BCUT2D eigenvalue weighted by Crippen LogP contribution is 2.38. The zero-order valence-corrected chi connectivity index (χ0v) is 16.2. The third-order valence-corrected chi connectivity index (χ3v) is 6.05. The number of nitrogens with two attached hydrogens (primary N) is 1. The fraction of sp³-hybridized carbons (Fsp3) is 0.550. The summed E-state index contributed by atoms with van der Waals surface area (Å²) in [6.45, 7) is -1.64. The molecule has 160 valence electrons. The Balaban J connectivity index is 1.55. The Morgan fingerprint density at radius 1 is 1.20 bits per heavy atom. The number of nitrogens with zero attached hydrogens (tertiary/aromatic N) is 4. The van der Waals surface area contributed by atoms with Gasteiger partial charge in [-0.05, 0) is 31.7 Å². The number of halogens is 3. The lowest BCUT2D eigenvalue weighted by atomic mass is 10.1. The number of anilines is 2. The van der Waals surface area contributed by atoms with E-state index in [-0.39, 0.29) is 29.6 Å². The number of morpholine rings is 1. The number of rotatable bonds is 5. The lowest BCUT2D eigenvalue weighted by Gasteiger charge is -2.28. The first kappa shape index (κ1) is 19.3. The Labute approximate surface area is 171 Å². The molecule has 2 aromatic heterocycles. The first-order valence-corrected chi connectivity index (χ1v) is 10.1. The van der Waals surface area contributed by atoms with Gasteiger partial charge in [-0.1, -0.05) is 0 Å². The summed E-state index contributed by atoms with van der Waals surface area (Å²) in [7, 11) is 0. The van der Waals surface area contributed by atoms with Crippen LogP contribution in [0.1, 0.15) is 37.4 Å². The molecule has 2 aliphatic heterocycles. The van der Waals surface area contributed by atoms with Crippen molar-refractivity contribution in [3.63, 3.8) is 0 Å². The first-order chi connectivity index (χ1) is 14.5. The summed E-state index contributed by atoms with van der Waals surface area (Å²) >= 11 is 0. The number of alkyl halides is 3. The van der Waals surface area contributed by atoms with Crippen LogP contribution in [0.2, 0.25) is 0 Å². The van der Waals surface area contributed by atoms with Crippen LogP contribution < -0.4 is 15.4 Å². The van der Waals surface area contributed by atoms with Crippen LogP contribution in [0.3, 0.4) is 0 Å². The predicted molar refractivity (Wildman–Crippen MR) is 103 cm³/mol. The minimum Gasteiger partial charge on any atom is -0.431 e. The van der Waals surface area contributed by atoms with Crippen LogP contribution >= 0.6 is 0 Å². The zero-order valence-electron chi connectivity index (χ0n) is 16.2. The highest BCUT2D eigenvalue weighted by Gasteiger charge is 2.40. The van der Waals surface area contributed by atoms with Gasteiger partial charge in [0.2, 0.25) is 0 Å². The van der Waals surface area contributed by atoms with Crippen LogP contribution in [0.5, 0.6) is 5.75 Å². The van der Waals surface area contributed by atoms with Crippen molar-refractivity contribution in [2.24, 2.45) is 0 Å². The SMILES string of the molecule is Nc1ncc(-c2cc(N3CC4CC3CO4)nc(C3CCC(F)C3)n2)cc1OC(F)F. The smallest absolute Gasteiger partial charge is 0.387 e. The van der Waals surface area contributed by atoms with Gasteiger partial charge in [0, 0.05) is 30.3 Å². The highest BCUT2D eigenvalue weighted by molar-refractivity contribution is 5.67. The average Bonchev–Trinajstić information content (AvgIpc) is 3.46. The van der Waals surface area contributed by atoms with Crippen LogP contribution in [-0.2, 0) is 4.74 Å². The summed E-state index contributed by atoms with van der Waals surface area (Å²) < 4.78 is 49.4. The number of ether oxygens (including phenoxy) is 2. The standard InChI is InChI=1S/C20H22F3N5O2/c21-12-2-1-10(3-12)19-26-15(11-4-16(30-20(22)23)18(24)25-7-11)6-17(27-19)28-8-14-5-13(28)9-29-14/h4,6-7,10,12-14,20H,1-3,5,8-9H2,(H2,24,25). The topological polar surface area (TPSA) is 86.4 Å². The van der Waals surface area contributed by atoms with Gasteiger partial charge in [-0.3, -0.25) is 0 Å². The zero-order chi connectivity index (χ0) is 20.8. The molecule has 0 aromatic carbocycles. The quantitative estimate of drug-likeness (QED) is 0.793. The first-order valence-electron chi connectivity index (χ1n) is 10.1. The van der Waals surface area contributed by atoms with Crippen molar-refractivity contribution in [1.29, 1.82) is 0 Å². The Morgan fingerprint density at radius 2 is 2.07 bits per heavy atom. The predicted octanol–water partition coefficient (Wildman–Crippen LogP) is 3.31. The molecule has 1 aliphatic carbocycles. The Bertz CT molecular complexity index is 947. The largest absolute Gasteiger partial charge is 0.431 e. The number of hydrogen-bond donors (Lipinski definition) is 1. The molecule has 3 fully saturated rings. The molecule has 4 heterocycles. The van der Waals surface area contributed by atoms with Crippen molar-refractivity contribution in [3.8, 4) is 17.0 Å². The molecule has 0 amide bonds. The molecule has 10 heteroatoms. The third-order valence-electron chi connectivity index (χ3n) is 6.05. The van der Waals surface area contributed by atoms with E-state index in [2.05, 4.69) is 19.6 Å². The van der Waals surface area contributed by atoms with Crippen LogP contribution in [0.4, 0.5) is 24.8 Å². The summed E-state index contributed by atoms with van der Waals surface area (Å²) in [5, 5.41) is 0. The molecular weight excluding hydrogens is 399 g/mol. The van der Waals surface area contributed by atoms with Gasteiger partial charge in [0.05, 0.1) is 24.4 Å². The number of hydrogen-bond acceptors (Lipinski definition) is 7. The maximum absolute atomic E-state index is 13.8.